The molecule has 1 aliphatic rings. The van der Waals surface area contributed by atoms with Crippen molar-refractivity contribution in [1.29, 1.82) is 0 Å². The highest BCUT2D eigenvalue weighted by Gasteiger charge is 2.28. The third-order valence-corrected chi connectivity index (χ3v) is 3.63. The molecule has 6 nitrogen and oxygen atoms in total. The first-order chi connectivity index (χ1) is 10.5. The molecule has 1 atom stereocenters. The number of amides is 3. The predicted octanol–water partition coefficient (Wildman–Crippen LogP) is 1.08. The fourth-order valence-electron chi connectivity index (χ4n) is 2.56. The fourth-order valence-corrected chi connectivity index (χ4v) is 2.56. The van der Waals surface area contributed by atoms with Gasteiger partial charge in [-0.15, -0.1) is 0 Å². The molecule has 1 aliphatic heterocycles. The average molecular weight is 297 g/mol. The van der Waals surface area contributed by atoms with Crippen LogP contribution in [0.3, 0.4) is 0 Å². The van der Waals surface area contributed by atoms with Gasteiger partial charge in [0.2, 0.25) is 11.8 Å². The van der Waals surface area contributed by atoms with Gasteiger partial charge in [0.25, 0.3) is 5.91 Å². The van der Waals surface area contributed by atoms with Crippen molar-refractivity contribution >= 4 is 28.6 Å². The number of carbonyl (C=O) groups is 3. The minimum atomic E-state index is -0.683. The van der Waals surface area contributed by atoms with Crippen molar-refractivity contribution in [3.8, 4) is 0 Å². The molecule has 0 spiro atoms. The number of hydrogen-bond acceptors (Lipinski definition) is 4. The molecule has 0 saturated carbocycles. The molecule has 1 fully saturated rings. The van der Waals surface area contributed by atoms with Gasteiger partial charge in [0.15, 0.2) is 0 Å². The zero-order valence-electron chi connectivity index (χ0n) is 12.1. The lowest BCUT2D eigenvalue weighted by atomic mass is 10.0. The Bertz CT molecular complexity index is 785. The van der Waals surface area contributed by atoms with E-state index in [0.29, 0.717) is 12.0 Å². The summed E-state index contributed by atoms with van der Waals surface area (Å²) in [6, 6.07) is 8.37. The van der Waals surface area contributed by atoms with Gasteiger partial charge < -0.3 is 5.32 Å². The largest absolute Gasteiger partial charge is 0.340 e. The molecule has 0 aliphatic carbocycles. The van der Waals surface area contributed by atoms with Crippen LogP contribution in [0.15, 0.2) is 30.3 Å². The SMILES string of the molecule is Cc1cc(C(=O)NC2CCC(=O)NC2=O)c2ccccc2n1. The Kier molecular flexibility index (Phi) is 3.58. The molecule has 0 bridgehead atoms. The number of nitrogens with zero attached hydrogens (tertiary/aromatic N) is 1. The number of benzene rings is 1. The summed E-state index contributed by atoms with van der Waals surface area (Å²) in [5.41, 5.74) is 1.94. The number of fused-ring (bicyclic) bond motifs is 1. The Morgan fingerprint density at radius 2 is 2.09 bits per heavy atom. The molecule has 22 heavy (non-hydrogen) atoms. The van der Waals surface area contributed by atoms with Crippen molar-refractivity contribution in [3.63, 3.8) is 0 Å². The number of imide groups is 1. The van der Waals surface area contributed by atoms with Crippen molar-refractivity contribution in [2.75, 3.05) is 0 Å². The van der Waals surface area contributed by atoms with Crippen LogP contribution >= 0.6 is 0 Å². The highest BCUT2D eigenvalue weighted by atomic mass is 16.2. The van der Waals surface area contributed by atoms with Crippen LogP contribution in [0.5, 0.6) is 0 Å². The minimum absolute atomic E-state index is 0.229. The van der Waals surface area contributed by atoms with E-state index in [4.69, 9.17) is 0 Å². The summed E-state index contributed by atoms with van der Waals surface area (Å²) in [5.74, 6) is -1.10. The fraction of sp³-hybridized carbons (Fsp3) is 0.250. The van der Waals surface area contributed by atoms with Crippen molar-refractivity contribution < 1.29 is 14.4 Å². The molecule has 0 radical (unpaired) electrons. The van der Waals surface area contributed by atoms with E-state index in [1.807, 2.05) is 31.2 Å². The minimum Gasteiger partial charge on any atom is -0.340 e. The predicted molar refractivity (Wildman–Crippen MR) is 80.1 cm³/mol. The molecule has 2 heterocycles. The summed E-state index contributed by atoms with van der Waals surface area (Å²) >= 11 is 0. The zero-order chi connectivity index (χ0) is 15.7. The second kappa shape index (κ2) is 5.55. The Morgan fingerprint density at radius 3 is 2.86 bits per heavy atom. The number of aromatic nitrogens is 1. The molecule has 1 unspecified atom stereocenters. The smallest absolute Gasteiger partial charge is 0.252 e. The molecule has 6 heteroatoms. The highest BCUT2D eigenvalue weighted by molar-refractivity contribution is 6.08. The highest BCUT2D eigenvalue weighted by Crippen LogP contribution is 2.18. The number of pyridine rings is 1. The van der Waals surface area contributed by atoms with Gasteiger partial charge in [-0.3, -0.25) is 24.7 Å². The molecule has 112 valence electrons. The Hall–Kier alpha value is -2.76. The molecular formula is C16H15N3O3. The van der Waals surface area contributed by atoms with Crippen molar-refractivity contribution in [2.45, 2.75) is 25.8 Å². The number of para-hydroxylation sites is 1. The average Bonchev–Trinajstić information content (AvgIpc) is 2.49. The third-order valence-electron chi connectivity index (χ3n) is 3.63. The van der Waals surface area contributed by atoms with Gasteiger partial charge in [-0.25, -0.2) is 0 Å². The van der Waals surface area contributed by atoms with Gasteiger partial charge in [0, 0.05) is 17.5 Å². The molecule has 1 aromatic carbocycles. The Labute approximate surface area is 126 Å². The lowest BCUT2D eigenvalue weighted by molar-refractivity contribution is -0.134. The molecule has 1 saturated heterocycles. The zero-order valence-corrected chi connectivity index (χ0v) is 12.1. The van der Waals surface area contributed by atoms with Crippen molar-refractivity contribution in [3.05, 3.63) is 41.6 Å². The summed E-state index contributed by atoms with van der Waals surface area (Å²) in [5, 5.41) is 5.66. The van der Waals surface area contributed by atoms with Crippen molar-refractivity contribution in [1.82, 2.24) is 15.6 Å². The van der Waals surface area contributed by atoms with E-state index in [1.54, 1.807) is 6.07 Å². The molecule has 2 aromatic rings. The first-order valence-corrected chi connectivity index (χ1v) is 7.05. The summed E-state index contributed by atoms with van der Waals surface area (Å²) in [6.45, 7) is 1.81. The Balaban J connectivity index is 1.89. The second-order valence-corrected chi connectivity index (χ2v) is 5.31. The lowest BCUT2D eigenvalue weighted by Gasteiger charge is -2.22. The molecule has 2 N–H and O–H groups in total. The van der Waals surface area contributed by atoms with E-state index >= 15 is 0 Å². The topological polar surface area (TPSA) is 88.2 Å². The molecule has 1 aromatic heterocycles. The number of rotatable bonds is 2. The van der Waals surface area contributed by atoms with E-state index in [-0.39, 0.29) is 18.2 Å². The van der Waals surface area contributed by atoms with E-state index in [9.17, 15) is 14.4 Å². The van der Waals surface area contributed by atoms with E-state index in [1.165, 1.54) is 0 Å². The summed E-state index contributed by atoms with van der Waals surface area (Å²) in [7, 11) is 0. The van der Waals surface area contributed by atoms with Gasteiger partial charge in [0.1, 0.15) is 6.04 Å². The van der Waals surface area contributed by atoms with Gasteiger partial charge in [0.05, 0.1) is 11.1 Å². The van der Waals surface area contributed by atoms with Crippen LogP contribution in [0, 0.1) is 6.92 Å². The van der Waals surface area contributed by atoms with Crippen LogP contribution in [0.1, 0.15) is 28.9 Å². The van der Waals surface area contributed by atoms with Crippen LogP contribution < -0.4 is 10.6 Å². The number of nitrogens with one attached hydrogen (secondary N) is 2. The van der Waals surface area contributed by atoms with Gasteiger partial charge >= 0.3 is 0 Å². The maximum Gasteiger partial charge on any atom is 0.252 e. The second-order valence-electron chi connectivity index (χ2n) is 5.31. The number of carbonyl (C=O) groups excluding carboxylic acids is 3. The first-order valence-electron chi connectivity index (χ1n) is 7.05. The number of aryl methyl sites for hydroxylation is 1. The maximum absolute atomic E-state index is 12.5. The van der Waals surface area contributed by atoms with Crippen molar-refractivity contribution in [2.24, 2.45) is 0 Å². The van der Waals surface area contributed by atoms with Crippen LogP contribution in [0.4, 0.5) is 0 Å². The standard InChI is InChI=1S/C16H15N3O3/c1-9-8-11(10-4-2-3-5-12(10)17-9)15(21)18-13-6-7-14(20)19-16(13)22/h2-5,8,13H,6-7H2,1H3,(H,18,21)(H,19,20,22). The summed E-state index contributed by atoms with van der Waals surface area (Å²) in [4.78, 5) is 39.8. The lowest BCUT2D eigenvalue weighted by Crippen LogP contribution is -2.52. The normalized spacial score (nSPS) is 18.1. The molecule has 3 rings (SSSR count). The summed E-state index contributed by atoms with van der Waals surface area (Å²) in [6.07, 6.45) is 0.547. The van der Waals surface area contributed by atoms with Gasteiger partial charge in [-0.1, -0.05) is 18.2 Å². The maximum atomic E-state index is 12.5. The van der Waals surface area contributed by atoms with Gasteiger partial charge in [-0.2, -0.15) is 0 Å². The van der Waals surface area contributed by atoms with Crippen LogP contribution in [-0.4, -0.2) is 28.7 Å². The van der Waals surface area contributed by atoms with Gasteiger partial charge in [-0.05, 0) is 25.5 Å². The quantitative estimate of drug-likeness (QED) is 0.812. The van der Waals surface area contributed by atoms with E-state index in [0.717, 1.165) is 16.6 Å². The molecule has 3 amide bonds. The molecular weight excluding hydrogens is 282 g/mol. The van der Waals surface area contributed by atoms with E-state index in [2.05, 4.69) is 15.6 Å². The third kappa shape index (κ3) is 2.67. The Morgan fingerprint density at radius 1 is 1.32 bits per heavy atom. The van der Waals surface area contributed by atoms with Crippen LogP contribution in [0.25, 0.3) is 10.9 Å². The first kappa shape index (κ1) is 14.2. The monoisotopic (exact) mass is 297 g/mol. The van der Waals surface area contributed by atoms with Crippen LogP contribution in [0.2, 0.25) is 0 Å². The van der Waals surface area contributed by atoms with E-state index < -0.39 is 11.9 Å². The summed E-state index contributed by atoms with van der Waals surface area (Å²) < 4.78 is 0. The number of hydrogen-bond donors (Lipinski definition) is 2. The number of piperidine rings is 1. The van der Waals surface area contributed by atoms with Crippen LogP contribution in [-0.2, 0) is 9.59 Å².